The monoisotopic (exact) mass is 370 g/mol. The third-order valence-electron chi connectivity index (χ3n) is 5.32. The smallest absolute Gasteiger partial charge is 0.0815 e. The Morgan fingerprint density at radius 2 is 1.00 bits per heavy atom. The van der Waals surface area contributed by atoms with Crippen molar-refractivity contribution in [1.29, 1.82) is 0 Å². The highest BCUT2D eigenvalue weighted by molar-refractivity contribution is 4.56. The number of hydrogen-bond acceptors (Lipinski definition) is 3. The Bertz CT molecular complexity index is 261. The van der Waals surface area contributed by atoms with Gasteiger partial charge in [0.15, 0.2) is 0 Å². The Labute approximate surface area is 165 Å². The molecule has 0 aliphatic rings. The van der Waals surface area contributed by atoms with Gasteiger partial charge in [0.1, 0.15) is 0 Å². The summed E-state index contributed by atoms with van der Waals surface area (Å²) in [6.45, 7) is 8.13. The number of rotatable bonds is 21. The summed E-state index contributed by atoms with van der Waals surface area (Å²) in [5.41, 5.74) is 6.07. The van der Waals surface area contributed by atoms with Crippen molar-refractivity contribution in [3.63, 3.8) is 0 Å². The molecule has 0 rings (SSSR count). The summed E-state index contributed by atoms with van der Waals surface area (Å²) < 4.78 is 0. The highest BCUT2D eigenvalue weighted by Gasteiger charge is 2.11. The zero-order chi connectivity index (χ0) is 19.3. The summed E-state index contributed by atoms with van der Waals surface area (Å²) in [7, 11) is 0. The predicted molar refractivity (Wildman–Crippen MR) is 116 cm³/mol. The number of hydroxylamine groups is 2. The van der Waals surface area contributed by atoms with E-state index >= 15 is 0 Å². The maximum Gasteiger partial charge on any atom is 0.0815 e. The molecule has 0 spiro atoms. The zero-order valence-corrected chi connectivity index (χ0v) is 18.4. The molecule has 0 heterocycles. The molecule has 0 radical (unpaired) electrons. The van der Waals surface area contributed by atoms with Gasteiger partial charge in [0.25, 0.3) is 0 Å². The second-order valence-corrected chi connectivity index (χ2v) is 7.84. The average molecular weight is 371 g/mol. The molecule has 0 aromatic heterocycles. The van der Waals surface area contributed by atoms with Gasteiger partial charge in [0, 0.05) is 6.54 Å². The molecule has 3 nitrogen and oxygen atoms in total. The zero-order valence-electron chi connectivity index (χ0n) is 18.4. The lowest BCUT2D eigenvalue weighted by molar-refractivity contribution is -0.182. The predicted octanol–water partition coefficient (Wildman–Crippen LogP) is 7.20. The van der Waals surface area contributed by atoms with Gasteiger partial charge in [0.05, 0.1) is 12.8 Å². The van der Waals surface area contributed by atoms with E-state index in [1.165, 1.54) is 103 Å². The Morgan fingerprint density at radius 1 is 0.615 bits per heavy atom. The lowest BCUT2D eigenvalue weighted by Gasteiger charge is -2.26. The first kappa shape index (κ1) is 25.9. The summed E-state index contributed by atoms with van der Waals surface area (Å²) in [6.07, 6.45) is 23.5. The van der Waals surface area contributed by atoms with Crippen LogP contribution in [-0.4, -0.2) is 24.4 Å². The number of nitrogens with two attached hydrogens (primary N) is 1. The van der Waals surface area contributed by atoms with Gasteiger partial charge >= 0.3 is 0 Å². The van der Waals surface area contributed by atoms with Crippen LogP contribution in [0.3, 0.4) is 0 Å². The molecule has 0 saturated heterocycles. The third-order valence-corrected chi connectivity index (χ3v) is 5.32. The minimum atomic E-state index is 0.0475. The number of hydrogen-bond donors (Lipinski definition) is 1. The van der Waals surface area contributed by atoms with Crippen LogP contribution < -0.4 is 5.73 Å². The summed E-state index contributed by atoms with van der Waals surface area (Å²) in [4.78, 5) is 5.63. The van der Waals surface area contributed by atoms with Crippen molar-refractivity contribution in [2.45, 2.75) is 136 Å². The summed E-state index contributed by atoms with van der Waals surface area (Å²) in [5.74, 6) is 0. The molecule has 0 aliphatic heterocycles. The van der Waals surface area contributed by atoms with E-state index in [1.54, 1.807) is 0 Å². The topological polar surface area (TPSA) is 38.5 Å². The van der Waals surface area contributed by atoms with Crippen molar-refractivity contribution in [1.82, 2.24) is 5.06 Å². The van der Waals surface area contributed by atoms with Crippen LogP contribution in [-0.2, 0) is 4.84 Å². The maximum atomic E-state index is 6.07. The molecular formula is C23H50N2O. The van der Waals surface area contributed by atoms with Gasteiger partial charge in [-0.1, -0.05) is 110 Å². The van der Waals surface area contributed by atoms with Crippen molar-refractivity contribution < 1.29 is 4.84 Å². The van der Waals surface area contributed by atoms with Gasteiger partial charge in [-0.05, 0) is 19.8 Å². The van der Waals surface area contributed by atoms with E-state index in [0.29, 0.717) is 6.61 Å². The normalized spacial score (nSPS) is 12.8. The average Bonchev–Trinajstić information content (AvgIpc) is 2.66. The standard InChI is InChI=1S/C23H50N2O/c1-4-7-8-9-10-11-12-13-14-15-16-17-18-19-20-21-22-25(26-6-3)23(24)5-2/h23H,4-22,24H2,1-3H3. The Balaban J connectivity index is 3.23. The van der Waals surface area contributed by atoms with E-state index < -0.39 is 0 Å². The highest BCUT2D eigenvalue weighted by atomic mass is 16.7. The quantitative estimate of drug-likeness (QED) is 0.132. The van der Waals surface area contributed by atoms with Gasteiger partial charge in [-0.15, -0.1) is 0 Å². The molecule has 0 amide bonds. The minimum Gasteiger partial charge on any atom is -0.314 e. The van der Waals surface area contributed by atoms with Crippen molar-refractivity contribution in [3.05, 3.63) is 0 Å². The van der Waals surface area contributed by atoms with E-state index in [4.69, 9.17) is 10.6 Å². The molecule has 158 valence electrons. The van der Waals surface area contributed by atoms with Crippen LogP contribution in [0.4, 0.5) is 0 Å². The Kier molecular flexibility index (Phi) is 21.1. The molecule has 0 aromatic carbocycles. The molecule has 0 bridgehead atoms. The molecule has 26 heavy (non-hydrogen) atoms. The van der Waals surface area contributed by atoms with Gasteiger partial charge in [0.2, 0.25) is 0 Å². The first-order valence-corrected chi connectivity index (χ1v) is 11.9. The van der Waals surface area contributed by atoms with Gasteiger partial charge in [-0.25, -0.2) is 0 Å². The molecule has 0 saturated carbocycles. The third kappa shape index (κ3) is 17.3. The van der Waals surface area contributed by atoms with Gasteiger partial charge < -0.3 is 5.73 Å². The number of unbranched alkanes of at least 4 members (excludes halogenated alkanes) is 15. The lowest BCUT2D eigenvalue weighted by atomic mass is 10.0. The van der Waals surface area contributed by atoms with E-state index in [9.17, 15) is 0 Å². The van der Waals surface area contributed by atoms with E-state index in [0.717, 1.165) is 13.0 Å². The van der Waals surface area contributed by atoms with Crippen LogP contribution in [0, 0.1) is 0 Å². The van der Waals surface area contributed by atoms with Crippen molar-refractivity contribution in [2.75, 3.05) is 13.2 Å². The second kappa shape index (κ2) is 21.2. The Morgan fingerprint density at radius 3 is 1.35 bits per heavy atom. The molecule has 0 fully saturated rings. The fraction of sp³-hybridized carbons (Fsp3) is 1.00. The molecular weight excluding hydrogens is 320 g/mol. The molecule has 3 heteroatoms. The van der Waals surface area contributed by atoms with Crippen LogP contribution in [0.2, 0.25) is 0 Å². The van der Waals surface area contributed by atoms with Gasteiger partial charge in [-0.3, -0.25) is 4.84 Å². The molecule has 0 aliphatic carbocycles. The SMILES string of the molecule is CCCCCCCCCCCCCCCCCCN(OCC)C(N)CC. The summed E-state index contributed by atoms with van der Waals surface area (Å²) >= 11 is 0. The first-order chi connectivity index (χ1) is 12.8. The molecule has 1 atom stereocenters. The maximum absolute atomic E-state index is 6.07. The lowest BCUT2D eigenvalue weighted by Crippen LogP contribution is -2.42. The summed E-state index contributed by atoms with van der Waals surface area (Å²) in [5, 5.41) is 1.98. The van der Waals surface area contributed by atoms with E-state index in [-0.39, 0.29) is 6.17 Å². The Hall–Kier alpha value is -0.120. The van der Waals surface area contributed by atoms with Crippen LogP contribution in [0.5, 0.6) is 0 Å². The molecule has 2 N–H and O–H groups in total. The van der Waals surface area contributed by atoms with Gasteiger partial charge in [-0.2, -0.15) is 5.06 Å². The largest absolute Gasteiger partial charge is 0.314 e. The fourth-order valence-electron chi connectivity index (χ4n) is 3.51. The first-order valence-electron chi connectivity index (χ1n) is 11.9. The van der Waals surface area contributed by atoms with Crippen LogP contribution in [0.1, 0.15) is 130 Å². The van der Waals surface area contributed by atoms with Crippen LogP contribution in [0.25, 0.3) is 0 Å². The van der Waals surface area contributed by atoms with E-state index in [2.05, 4.69) is 13.8 Å². The minimum absolute atomic E-state index is 0.0475. The summed E-state index contributed by atoms with van der Waals surface area (Å²) in [6, 6.07) is 0. The van der Waals surface area contributed by atoms with Crippen LogP contribution >= 0.6 is 0 Å². The van der Waals surface area contributed by atoms with E-state index in [1.807, 2.05) is 12.0 Å². The van der Waals surface area contributed by atoms with Crippen molar-refractivity contribution in [3.8, 4) is 0 Å². The fourth-order valence-corrected chi connectivity index (χ4v) is 3.51. The number of nitrogens with zero attached hydrogens (tertiary/aromatic N) is 1. The van der Waals surface area contributed by atoms with Crippen molar-refractivity contribution >= 4 is 0 Å². The molecule has 1 unspecified atom stereocenters. The van der Waals surface area contributed by atoms with Crippen molar-refractivity contribution in [2.24, 2.45) is 5.73 Å². The van der Waals surface area contributed by atoms with Crippen LogP contribution in [0.15, 0.2) is 0 Å². The highest BCUT2D eigenvalue weighted by Crippen LogP contribution is 2.14. The molecule has 0 aromatic rings. The second-order valence-electron chi connectivity index (χ2n) is 7.84.